The van der Waals surface area contributed by atoms with E-state index in [0.717, 1.165) is 24.3 Å². The number of benzene rings is 2. The number of nitrogens with zero attached hydrogens (tertiary/aromatic N) is 1. The van der Waals surface area contributed by atoms with Crippen molar-refractivity contribution in [3.05, 3.63) is 88.8 Å². The lowest BCUT2D eigenvalue weighted by Crippen LogP contribution is -2.41. The maximum Gasteiger partial charge on any atom is 0.328 e. The Morgan fingerprint density at radius 2 is 1.56 bits per heavy atom. The molecule has 1 aromatic heterocycles. The van der Waals surface area contributed by atoms with E-state index >= 15 is 0 Å². The van der Waals surface area contributed by atoms with Crippen molar-refractivity contribution < 1.29 is 36.9 Å². The van der Waals surface area contributed by atoms with Gasteiger partial charge in [0.1, 0.15) is 46.1 Å². The Balaban J connectivity index is 1.84. The smallest absolute Gasteiger partial charge is 0.328 e. The number of thiocarbonyl (C=S) groups is 1. The van der Waals surface area contributed by atoms with E-state index in [1.807, 2.05) is 0 Å². The minimum atomic E-state index is -1.22. The lowest BCUT2D eigenvalue weighted by Gasteiger charge is -2.27. The number of aromatic hydroxyl groups is 1. The van der Waals surface area contributed by atoms with E-state index in [1.54, 1.807) is 0 Å². The summed E-state index contributed by atoms with van der Waals surface area (Å²) in [4.78, 5) is 16.7. The van der Waals surface area contributed by atoms with E-state index in [1.165, 1.54) is 33.2 Å². The Morgan fingerprint density at radius 1 is 1.00 bits per heavy atom. The van der Waals surface area contributed by atoms with Gasteiger partial charge in [-0.2, -0.15) is 0 Å². The highest BCUT2D eigenvalue weighted by molar-refractivity contribution is 7.80. The van der Waals surface area contributed by atoms with Crippen LogP contribution in [-0.4, -0.2) is 40.3 Å². The molecule has 0 radical (unpaired) electrons. The van der Waals surface area contributed by atoms with Gasteiger partial charge in [0.05, 0.1) is 13.0 Å². The molecule has 0 bridgehead atoms. The van der Waals surface area contributed by atoms with Gasteiger partial charge in [-0.05, 0) is 37.1 Å². The maximum absolute atomic E-state index is 14.7. The first-order valence-corrected chi connectivity index (χ1v) is 11.1. The summed E-state index contributed by atoms with van der Waals surface area (Å²) in [7, 11) is 1.35. The molecular weight excluding hydrogens is 500 g/mol. The van der Waals surface area contributed by atoms with Crippen molar-refractivity contribution in [1.29, 1.82) is 0 Å². The first-order chi connectivity index (χ1) is 17.0. The van der Waals surface area contributed by atoms with Crippen LogP contribution in [-0.2, 0) is 9.53 Å². The maximum atomic E-state index is 14.7. The number of nitrogens with one attached hydrogen (secondary N) is 1. The zero-order chi connectivity index (χ0) is 26.6. The van der Waals surface area contributed by atoms with Crippen LogP contribution in [0.25, 0.3) is 0 Å². The molecule has 0 saturated carbocycles. The van der Waals surface area contributed by atoms with Crippen molar-refractivity contribution >= 4 is 23.2 Å². The van der Waals surface area contributed by atoms with Gasteiger partial charge in [-0.25, -0.2) is 27.3 Å². The van der Waals surface area contributed by atoms with Gasteiger partial charge in [0.15, 0.2) is 11.5 Å². The number of methoxy groups -OCH3 is 1. The molecule has 2 atom stereocenters. The highest BCUT2D eigenvalue weighted by atomic mass is 32.1. The van der Waals surface area contributed by atoms with Crippen LogP contribution in [0.5, 0.6) is 11.5 Å². The van der Waals surface area contributed by atoms with Gasteiger partial charge in [-0.1, -0.05) is 24.4 Å². The molecule has 3 rings (SSSR count). The average Bonchev–Trinajstić information content (AvgIpc) is 2.81. The van der Waals surface area contributed by atoms with Gasteiger partial charge in [0.25, 0.3) is 0 Å². The Bertz CT molecular complexity index is 1240. The molecule has 0 fully saturated rings. The monoisotopic (exact) mass is 522 g/mol. The summed E-state index contributed by atoms with van der Waals surface area (Å²) < 4.78 is 66.8. The summed E-state index contributed by atoms with van der Waals surface area (Å²) in [5.41, 5.74) is -0.329. The molecule has 0 aliphatic heterocycles. The van der Waals surface area contributed by atoms with E-state index in [9.17, 15) is 27.5 Å². The summed E-state index contributed by atoms with van der Waals surface area (Å²) >= 11 is 5.22. The third-order valence-corrected chi connectivity index (χ3v) is 5.70. The van der Waals surface area contributed by atoms with Crippen LogP contribution < -0.4 is 10.1 Å². The minimum Gasteiger partial charge on any atom is -0.503 e. The molecule has 6 nitrogen and oxygen atoms in total. The topological polar surface area (TPSA) is 80.7 Å². The molecule has 0 aliphatic carbocycles. The molecular formula is C25H22F4N2O4S. The fraction of sp³-hybridized carbons (Fsp3) is 0.240. The fourth-order valence-electron chi connectivity index (χ4n) is 3.63. The number of pyridine rings is 1. The highest BCUT2D eigenvalue weighted by Gasteiger charge is 2.31. The first kappa shape index (κ1) is 26.9. The zero-order valence-corrected chi connectivity index (χ0v) is 20.2. The summed E-state index contributed by atoms with van der Waals surface area (Å²) in [6, 6.07) is 5.78. The number of hydrogen-bond donors (Lipinski definition) is 2. The zero-order valence-electron chi connectivity index (χ0n) is 19.4. The number of aromatic nitrogens is 1. The van der Waals surface area contributed by atoms with Crippen molar-refractivity contribution in [2.24, 2.45) is 0 Å². The average molecular weight is 523 g/mol. The number of carbonyl (C=O) groups is 1. The number of esters is 1. The molecule has 190 valence electrons. The van der Waals surface area contributed by atoms with Crippen LogP contribution in [0.15, 0.2) is 48.7 Å². The molecule has 3 aromatic rings. The van der Waals surface area contributed by atoms with Gasteiger partial charge in [0.2, 0.25) is 0 Å². The van der Waals surface area contributed by atoms with Gasteiger partial charge in [-0.15, -0.1) is 0 Å². The van der Waals surface area contributed by atoms with E-state index in [0.29, 0.717) is 12.1 Å². The van der Waals surface area contributed by atoms with Gasteiger partial charge >= 0.3 is 5.97 Å². The van der Waals surface area contributed by atoms with Crippen molar-refractivity contribution in [2.75, 3.05) is 7.11 Å². The molecule has 2 aromatic carbocycles. The van der Waals surface area contributed by atoms with Crippen molar-refractivity contribution in [1.82, 2.24) is 10.3 Å². The van der Waals surface area contributed by atoms with Crippen molar-refractivity contribution in [3.8, 4) is 11.5 Å². The second kappa shape index (κ2) is 11.3. The summed E-state index contributed by atoms with van der Waals surface area (Å²) in [5.74, 6) is -5.94. The summed E-state index contributed by atoms with van der Waals surface area (Å²) in [6.07, 6.45) is 0.185. The molecule has 0 amide bonds. The van der Waals surface area contributed by atoms with Gasteiger partial charge in [-0.3, -0.25) is 0 Å². The Labute approximate surface area is 209 Å². The van der Waals surface area contributed by atoms with Crippen LogP contribution in [0.3, 0.4) is 0 Å². The number of carbonyl (C=O) groups excluding carboxylic acids is 1. The third-order valence-electron chi connectivity index (χ3n) is 5.39. The third kappa shape index (κ3) is 5.91. The van der Waals surface area contributed by atoms with Gasteiger partial charge < -0.3 is 19.9 Å². The van der Waals surface area contributed by atoms with Crippen LogP contribution in [0.1, 0.15) is 36.6 Å². The number of ether oxygens (including phenoxy) is 2. The first-order valence-electron chi connectivity index (χ1n) is 10.7. The molecule has 0 spiro atoms. The summed E-state index contributed by atoms with van der Waals surface area (Å²) in [5, 5.41) is 12.9. The quantitative estimate of drug-likeness (QED) is 0.251. The predicted molar refractivity (Wildman–Crippen MR) is 127 cm³/mol. The van der Waals surface area contributed by atoms with Crippen LogP contribution in [0.2, 0.25) is 0 Å². The van der Waals surface area contributed by atoms with E-state index < -0.39 is 47.3 Å². The van der Waals surface area contributed by atoms with Crippen LogP contribution >= 0.6 is 12.2 Å². The van der Waals surface area contributed by atoms with Crippen LogP contribution in [0, 0.1) is 23.3 Å². The molecule has 1 heterocycles. The molecule has 11 heteroatoms. The largest absolute Gasteiger partial charge is 0.503 e. The van der Waals surface area contributed by atoms with E-state index in [2.05, 4.69) is 10.3 Å². The second-order valence-corrected chi connectivity index (χ2v) is 8.27. The molecule has 36 heavy (non-hydrogen) atoms. The molecule has 0 aliphatic rings. The fourth-order valence-corrected chi connectivity index (χ4v) is 3.95. The van der Waals surface area contributed by atoms with Gasteiger partial charge in [0, 0.05) is 24.4 Å². The van der Waals surface area contributed by atoms with E-state index in [-0.39, 0.29) is 33.3 Å². The number of rotatable bonds is 8. The van der Waals surface area contributed by atoms with Crippen molar-refractivity contribution in [3.63, 3.8) is 0 Å². The normalized spacial score (nSPS) is 12.7. The van der Waals surface area contributed by atoms with E-state index in [4.69, 9.17) is 21.7 Å². The molecule has 2 N–H and O–H groups in total. The number of halogens is 4. The Hall–Kier alpha value is -3.73. The number of hydrogen-bond acceptors (Lipinski definition) is 6. The minimum absolute atomic E-state index is 0.0308. The second-order valence-electron chi connectivity index (χ2n) is 7.86. The highest BCUT2D eigenvalue weighted by Crippen LogP contribution is 2.34. The summed E-state index contributed by atoms with van der Waals surface area (Å²) in [6.45, 7) is 2.82. The lowest BCUT2D eigenvalue weighted by molar-refractivity contribution is -0.150. The SMILES string of the molecule is COc1ccnc(C(=S)N[C@@H](C)C(=O)O[C@@H](C)C(c2ccc(F)cc2F)c2ccc(F)cc2F)c1O. The Kier molecular flexibility index (Phi) is 8.46. The standard InChI is InChI=1S/C25H22F4N2O4S/c1-12(31-24(36)22-23(32)20(34-3)8-9-30-22)25(33)35-13(2)21(16-6-4-14(26)10-18(16)28)17-7-5-15(27)11-19(17)29/h4-13,21,32H,1-3H3,(H,31,36)/t12-,13-/m0/s1. The predicted octanol–water partition coefficient (Wildman–Crippen LogP) is 4.77. The molecule has 0 saturated heterocycles. The lowest BCUT2D eigenvalue weighted by atomic mass is 9.86. The Morgan fingerprint density at radius 3 is 2.06 bits per heavy atom. The van der Waals surface area contributed by atoms with Crippen molar-refractivity contribution in [2.45, 2.75) is 31.9 Å². The van der Waals surface area contributed by atoms with Crippen LogP contribution in [0.4, 0.5) is 17.6 Å². The molecule has 0 unspecified atom stereocenters.